The zero-order valence-electron chi connectivity index (χ0n) is 12.3. The van der Waals surface area contributed by atoms with Gasteiger partial charge in [-0.3, -0.25) is 4.79 Å². The molecule has 0 aromatic heterocycles. The SMILES string of the molecule is Cc1cc(O[C@@H](C)C(=O)NC2CCCC2)cc(C)c1Cl. The first-order valence-electron chi connectivity index (χ1n) is 7.21. The molecule has 2 rings (SSSR count). The number of nitrogens with one attached hydrogen (secondary N) is 1. The molecule has 1 atom stereocenters. The third-order valence-electron chi connectivity index (χ3n) is 3.79. The normalized spacial score (nSPS) is 17.0. The molecule has 0 radical (unpaired) electrons. The first-order chi connectivity index (χ1) is 9.47. The maximum Gasteiger partial charge on any atom is 0.260 e. The lowest BCUT2D eigenvalue weighted by atomic mass is 10.1. The van der Waals surface area contributed by atoms with Crippen molar-refractivity contribution in [3.05, 3.63) is 28.3 Å². The molecule has 1 aliphatic carbocycles. The smallest absolute Gasteiger partial charge is 0.260 e. The molecule has 3 nitrogen and oxygen atoms in total. The Kier molecular flexibility index (Phi) is 4.92. The maximum absolute atomic E-state index is 12.1. The first kappa shape index (κ1) is 15.2. The molecule has 1 N–H and O–H groups in total. The van der Waals surface area contributed by atoms with E-state index in [0.717, 1.165) is 29.0 Å². The van der Waals surface area contributed by atoms with Gasteiger partial charge in [0.05, 0.1) is 0 Å². The predicted octanol–water partition coefficient (Wildman–Crippen LogP) is 3.78. The van der Waals surface area contributed by atoms with E-state index in [1.807, 2.05) is 26.0 Å². The summed E-state index contributed by atoms with van der Waals surface area (Å²) >= 11 is 6.13. The van der Waals surface area contributed by atoms with Gasteiger partial charge in [0.25, 0.3) is 5.91 Å². The molecule has 0 spiro atoms. The Balaban J connectivity index is 1.96. The fourth-order valence-corrected chi connectivity index (χ4v) is 2.73. The van der Waals surface area contributed by atoms with E-state index in [1.165, 1.54) is 12.8 Å². The number of ether oxygens (including phenoxy) is 1. The van der Waals surface area contributed by atoms with E-state index in [1.54, 1.807) is 6.92 Å². The minimum absolute atomic E-state index is 0.0397. The monoisotopic (exact) mass is 295 g/mol. The highest BCUT2D eigenvalue weighted by Crippen LogP contribution is 2.26. The van der Waals surface area contributed by atoms with E-state index >= 15 is 0 Å². The number of rotatable bonds is 4. The summed E-state index contributed by atoms with van der Waals surface area (Å²) < 4.78 is 5.73. The van der Waals surface area contributed by atoms with Crippen molar-refractivity contribution >= 4 is 17.5 Å². The van der Waals surface area contributed by atoms with E-state index in [2.05, 4.69) is 5.32 Å². The second-order valence-electron chi connectivity index (χ2n) is 5.62. The van der Waals surface area contributed by atoms with Gasteiger partial charge in [-0.1, -0.05) is 24.4 Å². The molecule has 1 aliphatic rings. The Hall–Kier alpha value is -1.22. The minimum atomic E-state index is -0.490. The number of aryl methyl sites for hydroxylation is 2. The van der Waals surface area contributed by atoms with E-state index < -0.39 is 6.10 Å². The topological polar surface area (TPSA) is 38.3 Å². The lowest BCUT2D eigenvalue weighted by Crippen LogP contribution is -2.41. The summed E-state index contributed by atoms with van der Waals surface area (Å²) in [4.78, 5) is 12.1. The highest BCUT2D eigenvalue weighted by atomic mass is 35.5. The van der Waals surface area contributed by atoms with Gasteiger partial charge in [0.2, 0.25) is 0 Å². The maximum atomic E-state index is 12.1. The summed E-state index contributed by atoms with van der Waals surface area (Å²) in [5.74, 6) is 0.653. The van der Waals surface area contributed by atoms with Gasteiger partial charge in [-0.25, -0.2) is 0 Å². The third-order valence-corrected chi connectivity index (χ3v) is 4.39. The predicted molar refractivity (Wildman–Crippen MR) is 81.4 cm³/mol. The zero-order valence-corrected chi connectivity index (χ0v) is 13.1. The highest BCUT2D eigenvalue weighted by molar-refractivity contribution is 6.32. The Morgan fingerprint density at radius 2 is 1.85 bits per heavy atom. The minimum Gasteiger partial charge on any atom is -0.481 e. The fraction of sp³-hybridized carbons (Fsp3) is 0.562. The van der Waals surface area contributed by atoms with Crippen LogP contribution < -0.4 is 10.1 Å². The van der Waals surface area contributed by atoms with Gasteiger partial charge in [-0.2, -0.15) is 0 Å². The quantitative estimate of drug-likeness (QED) is 0.918. The van der Waals surface area contributed by atoms with E-state index in [-0.39, 0.29) is 5.91 Å². The van der Waals surface area contributed by atoms with Crippen molar-refractivity contribution in [2.24, 2.45) is 0 Å². The summed E-state index contributed by atoms with van der Waals surface area (Å²) in [6.45, 7) is 5.65. The van der Waals surface area contributed by atoms with Crippen LogP contribution in [0.1, 0.15) is 43.7 Å². The molecule has 1 aromatic rings. The summed E-state index contributed by atoms with van der Waals surface area (Å²) in [6.07, 6.45) is 4.08. The molecule has 20 heavy (non-hydrogen) atoms. The molecular formula is C16H22ClNO2. The molecule has 1 fully saturated rings. The van der Waals surface area contributed by atoms with Crippen LogP contribution in [0.15, 0.2) is 12.1 Å². The molecule has 0 saturated heterocycles. The molecule has 1 amide bonds. The second-order valence-corrected chi connectivity index (χ2v) is 6.00. The summed E-state index contributed by atoms with van der Waals surface area (Å²) in [5, 5.41) is 3.80. The molecule has 0 heterocycles. The van der Waals surface area contributed by atoms with Crippen LogP contribution in [0, 0.1) is 13.8 Å². The average Bonchev–Trinajstić information content (AvgIpc) is 2.88. The van der Waals surface area contributed by atoms with E-state index in [4.69, 9.17) is 16.3 Å². The molecule has 1 saturated carbocycles. The zero-order chi connectivity index (χ0) is 14.7. The van der Waals surface area contributed by atoms with Crippen LogP contribution >= 0.6 is 11.6 Å². The van der Waals surface area contributed by atoms with Crippen LogP contribution in [0.2, 0.25) is 5.02 Å². The summed E-state index contributed by atoms with van der Waals surface area (Å²) in [7, 11) is 0. The number of hydrogen-bond acceptors (Lipinski definition) is 2. The summed E-state index contributed by atoms with van der Waals surface area (Å²) in [5.41, 5.74) is 1.93. The van der Waals surface area contributed by atoms with Gasteiger partial charge in [0.1, 0.15) is 5.75 Å². The van der Waals surface area contributed by atoms with Crippen LogP contribution in [0.25, 0.3) is 0 Å². The van der Waals surface area contributed by atoms with E-state index in [0.29, 0.717) is 11.8 Å². The van der Waals surface area contributed by atoms with Crippen molar-refractivity contribution in [2.45, 2.75) is 58.6 Å². The standard InChI is InChI=1S/C16H22ClNO2/c1-10-8-14(9-11(2)15(10)17)20-12(3)16(19)18-13-6-4-5-7-13/h8-9,12-13H,4-7H2,1-3H3,(H,18,19)/t12-/m0/s1. The van der Waals surface area contributed by atoms with Gasteiger partial charge < -0.3 is 10.1 Å². The van der Waals surface area contributed by atoms with Crippen molar-refractivity contribution < 1.29 is 9.53 Å². The lowest BCUT2D eigenvalue weighted by Gasteiger charge is -2.18. The van der Waals surface area contributed by atoms with Crippen molar-refractivity contribution in [1.29, 1.82) is 0 Å². The van der Waals surface area contributed by atoms with Crippen molar-refractivity contribution in [3.63, 3.8) is 0 Å². The van der Waals surface area contributed by atoms with Crippen LogP contribution in [-0.4, -0.2) is 18.1 Å². The molecule has 110 valence electrons. The molecular weight excluding hydrogens is 274 g/mol. The number of amides is 1. The van der Waals surface area contributed by atoms with Crippen LogP contribution in [0.5, 0.6) is 5.75 Å². The second kappa shape index (κ2) is 6.49. The molecule has 4 heteroatoms. The van der Waals surface area contributed by atoms with Crippen LogP contribution in [-0.2, 0) is 4.79 Å². The Labute approximate surface area is 125 Å². The van der Waals surface area contributed by atoms with Crippen molar-refractivity contribution in [3.8, 4) is 5.75 Å². The largest absolute Gasteiger partial charge is 0.481 e. The van der Waals surface area contributed by atoms with Gasteiger partial charge in [0, 0.05) is 11.1 Å². The molecule has 0 aliphatic heterocycles. The lowest BCUT2D eigenvalue weighted by molar-refractivity contribution is -0.127. The highest BCUT2D eigenvalue weighted by Gasteiger charge is 2.21. The van der Waals surface area contributed by atoms with Gasteiger partial charge in [-0.05, 0) is 56.9 Å². The van der Waals surface area contributed by atoms with Gasteiger partial charge in [0.15, 0.2) is 6.10 Å². The molecule has 0 bridgehead atoms. The summed E-state index contributed by atoms with van der Waals surface area (Å²) in [6, 6.07) is 4.06. The van der Waals surface area contributed by atoms with Crippen molar-refractivity contribution in [2.75, 3.05) is 0 Å². The number of benzene rings is 1. The number of halogens is 1. The molecule has 0 unspecified atom stereocenters. The number of carbonyl (C=O) groups is 1. The first-order valence-corrected chi connectivity index (χ1v) is 7.59. The number of carbonyl (C=O) groups excluding carboxylic acids is 1. The Bertz CT molecular complexity index is 472. The fourth-order valence-electron chi connectivity index (χ4n) is 2.62. The van der Waals surface area contributed by atoms with E-state index in [9.17, 15) is 4.79 Å². The molecule has 1 aromatic carbocycles. The Morgan fingerprint density at radius 3 is 2.40 bits per heavy atom. The van der Waals surface area contributed by atoms with Crippen molar-refractivity contribution in [1.82, 2.24) is 5.32 Å². The third kappa shape index (κ3) is 3.66. The number of hydrogen-bond donors (Lipinski definition) is 1. The van der Waals surface area contributed by atoms with Crippen LogP contribution in [0.4, 0.5) is 0 Å². The Morgan fingerprint density at radius 1 is 1.30 bits per heavy atom. The van der Waals surface area contributed by atoms with Gasteiger partial charge in [-0.15, -0.1) is 0 Å². The van der Waals surface area contributed by atoms with Gasteiger partial charge >= 0.3 is 0 Å². The van der Waals surface area contributed by atoms with Crippen LogP contribution in [0.3, 0.4) is 0 Å². The average molecular weight is 296 g/mol.